The molecule has 38 heavy (non-hydrogen) atoms. The molecule has 3 aromatic rings. The predicted octanol–water partition coefficient (Wildman–Crippen LogP) is 4.74. The van der Waals surface area contributed by atoms with Crippen molar-refractivity contribution in [1.82, 2.24) is 4.90 Å². The number of likely N-dealkylation sites (tertiary alicyclic amines) is 1. The van der Waals surface area contributed by atoms with Crippen LogP contribution in [0.25, 0.3) is 5.76 Å². The fourth-order valence-electron chi connectivity index (χ4n) is 4.41. The van der Waals surface area contributed by atoms with Crippen molar-refractivity contribution in [3.8, 4) is 17.2 Å². The summed E-state index contributed by atoms with van der Waals surface area (Å²) < 4.78 is 22.3. The molecule has 1 amide bonds. The van der Waals surface area contributed by atoms with Crippen molar-refractivity contribution in [2.75, 3.05) is 34.0 Å². The largest absolute Gasteiger partial charge is 0.507 e. The van der Waals surface area contributed by atoms with Crippen LogP contribution in [-0.2, 0) is 20.9 Å². The van der Waals surface area contributed by atoms with Crippen LogP contribution in [0.3, 0.4) is 0 Å². The van der Waals surface area contributed by atoms with E-state index in [1.807, 2.05) is 37.3 Å². The first-order chi connectivity index (χ1) is 18.5. The molecule has 1 atom stereocenters. The molecule has 0 spiro atoms. The lowest BCUT2D eigenvalue weighted by Crippen LogP contribution is -2.32. The Morgan fingerprint density at radius 1 is 0.921 bits per heavy atom. The van der Waals surface area contributed by atoms with Crippen molar-refractivity contribution in [3.05, 3.63) is 95.1 Å². The Hall–Kier alpha value is -4.30. The van der Waals surface area contributed by atoms with E-state index in [1.165, 1.54) is 19.1 Å². The van der Waals surface area contributed by atoms with E-state index in [2.05, 4.69) is 0 Å². The molecule has 1 heterocycles. The number of amides is 1. The van der Waals surface area contributed by atoms with Crippen LogP contribution in [0.1, 0.15) is 29.7 Å². The van der Waals surface area contributed by atoms with Gasteiger partial charge in [0.1, 0.15) is 18.1 Å². The predicted molar refractivity (Wildman–Crippen MR) is 142 cm³/mol. The molecule has 0 saturated carbocycles. The number of methoxy groups -OCH3 is 2. The van der Waals surface area contributed by atoms with Gasteiger partial charge in [-0.2, -0.15) is 0 Å². The lowest BCUT2D eigenvalue weighted by molar-refractivity contribution is -0.140. The fraction of sp³-hybridized carbons (Fsp3) is 0.267. The second kappa shape index (κ2) is 12.3. The summed E-state index contributed by atoms with van der Waals surface area (Å²) in [7, 11) is 3.04. The average Bonchev–Trinajstić information content (AvgIpc) is 3.20. The van der Waals surface area contributed by atoms with Gasteiger partial charge in [0.2, 0.25) is 0 Å². The number of nitrogens with zero attached hydrogens (tertiary/aromatic N) is 1. The first-order valence-corrected chi connectivity index (χ1v) is 12.3. The number of benzene rings is 3. The van der Waals surface area contributed by atoms with E-state index in [0.717, 1.165) is 5.56 Å². The first-order valence-electron chi connectivity index (χ1n) is 12.3. The molecule has 0 aliphatic carbocycles. The number of hydrogen-bond acceptors (Lipinski definition) is 7. The van der Waals surface area contributed by atoms with Crippen LogP contribution in [0.2, 0.25) is 0 Å². The smallest absolute Gasteiger partial charge is 0.295 e. The van der Waals surface area contributed by atoms with Gasteiger partial charge in [-0.3, -0.25) is 9.59 Å². The molecule has 1 unspecified atom stereocenters. The summed E-state index contributed by atoms with van der Waals surface area (Å²) >= 11 is 0. The van der Waals surface area contributed by atoms with Crippen molar-refractivity contribution in [3.63, 3.8) is 0 Å². The zero-order valence-corrected chi connectivity index (χ0v) is 21.7. The zero-order chi connectivity index (χ0) is 27.1. The van der Waals surface area contributed by atoms with Gasteiger partial charge in [-0.05, 0) is 42.3 Å². The highest BCUT2D eigenvalue weighted by Gasteiger charge is 2.46. The Labute approximate surface area is 222 Å². The van der Waals surface area contributed by atoms with E-state index < -0.39 is 17.7 Å². The quantitative estimate of drug-likeness (QED) is 0.223. The minimum Gasteiger partial charge on any atom is -0.507 e. The molecule has 1 fully saturated rings. The number of rotatable bonds is 11. The van der Waals surface area contributed by atoms with Crippen LogP contribution in [0.5, 0.6) is 17.2 Å². The molecule has 1 aliphatic rings. The summed E-state index contributed by atoms with van der Waals surface area (Å²) in [6, 6.07) is 20.9. The molecule has 4 rings (SSSR count). The van der Waals surface area contributed by atoms with Crippen molar-refractivity contribution in [2.24, 2.45) is 0 Å². The normalized spacial score (nSPS) is 16.5. The highest BCUT2D eigenvalue weighted by Crippen LogP contribution is 2.42. The molecule has 1 N–H and O–H groups in total. The van der Waals surface area contributed by atoms with E-state index in [4.69, 9.17) is 18.9 Å². The third kappa shape index (κ3) is 5.65. The summed E-state index contributed by atoms with van der Waals surface area (Å²) in [5.74, 6) is -0.263. The SMILES string of the molecule is CCOc1cccc(/C(O)=C2\C(=O)C(=O)N(CCOC)C2c2ccc(OCc3ccccc3)c(OC)c2)c1. The van der Waals surface area contributed by atoms with Gasteiger partial charge in [-0.1, -0.05) is 48.5 Å². The van der Waals surface area contributed by atoms with Gasteiger partial charge in [0.05, 0.1) is 31.9 Å². The molecule has 8 heteroatoms. The Kier molecular flexibility index (Phi) is 8.66. The number of Topliss-reactive ketones (excluding diaryl/α,β-unsaturated/α-hetero) is 1. The first kappa shape index (κ1) is 26.8. The minimum atomic E-state index is -0.849. The van der Waals surface area contributed by atoms with E-state index in [0.29, 0.717) is 41.6 Å². The van der Waals surface area contributed by atoms with Crippen LogP contribution in [-0.4, -0.2) is 55.7 Å². The van der Waals surface area contributed by atoms with Crippen LogP contribution < -0.4 is 14.2 Å². The van der Waals surface area contributed by atoms with Crippen LogP contribution in [0.15, 0.2) is 78.4 Å². The number of ether oxygens (including phenoxy) is 4. The van der Waals surface area contributed by atoms with E-state index in [9.17, 15) is 14.7 Å². The van der Waals surface area contributed by atoms with E-state index in [1.54, 1.807) is 42.5 Å². The topological polar surface area (TPSA) is 94.5 Å². The van der Waals surface area contributed by atoms with Crippen molar-refractivity contribution >= 4 is 17.4 Å². The third-order valence-electron chi connectivity index (χ3n) is 6.24. The zero-order valence-electron chi connectivity index (χ0n) is 21.7. The highest BCUT2D eigenvalue weighted by molar-refractivity contribution is 6.46. The Bertz CT molecular complexity index is 1320. The van der Waals surface area contributed by atoms with Gasteiger partial charge in [0, 0.05) is 19.2 Å². The molecule has 0 bridgehead atoms. The Morgan fingerprint density at radius 2 is 1.71 bits per heavy atom. The number of carbonyl (C=O) groups is 2. The second-order valence-electron chi connectivity index (χ2n) is 8.63. The average molecular weight is 518 g/mol. The number of aliphatic hydroxyl groups is 1. The lowest BCUT2D eigenvalue weighted by Gasteiger charge is -2.25. The molecule has 0 aromatic heterocycles. The summed E-state index contributed by atoms with van der Waals surface area (Å²) in [5, 5.41) is 11.3. The number of carbonyl (C=O) groups excluding carboxylic acids is 2. The minimum absolute atomic E-state index is 0.0141. The van der Waals surface area contributed by atoms with Gasteiger partial charge < -0.3 is 29.0 Å². The lowest BCUT2D eigenvalue weighted by atomic mass is 9.95. The maximum absolute atomic E-state index is 13.2. The second-order valence-corrected chi connectivity index (χ2v) is 8.63. The van der Waals surface area contributed by atoms with Crippen molar-refractivity contribution < 1.29 is 33.6 Å². The monoisotopic (exact) mass is 517 g/mol. The van der Waals surface area contributed by atoms with Crippen molar-refractivity contribution in [1.29, 1.82) is 0 Å². The highest BCUT2D eigenvalue weighted by atomic mass is 16.5. The maximum atomic E-state index is 13.2. The third-order valence-corrected chi connectivity index (χ3v) is 6.24. The van der Waals surface area contributed by atoms with Gasteiger partial charge in [-0.15, -0.1) is 0 Å². The van der Waals surface area contributed by atoms with E-state index >= 15 is 0 Å². The van der Waals surface area contributed by atoms with Crippen LogP contribution >= 0.6 is 0 Å². The van der Waals surface area contributed by atoms with E-state index in [-0.39, 0.29) is 24.5 Å². The molecule has 0 radical (unpaired) electrons. The molecular formula is C30H31NO7. The number of hydrogen-bond donors (Lipinski definition) is 1. The Balaban J connectivity index is 1.75. The molecule has 198 valence electrons. The van der Waals surface area contributed by atoms with Gasteiger partial charge >= 0.3 is 0 Å². The van der Waals surface area contributed by atoms with Gasteiger partial charge in [-0.25, -0.2) is 0 Å². The molecule has 1 saturated heterocycles. The molecule has 1 aliphatic heterocycles. The van der Waals surface area contributed by atoms with Gasteiger partial charge in [0.25, 0.3) is 11.7 Å². The summed E-state index contributed by atoms with van der Waals surface area (Å²) in [6.45, 7) is 3.03. The van der Waals surface area contributed by atoms with Gasteiger partial charge in [0.15, 0.2) is 11.5 Å². The molecule has 3 aromatic carbocycles. The summed E-state index contributed by atoms with van der Waals surface area (Å²) in [6.07, 6.45) is 0. The number of ketones is 1. The number of aliphatic hydroxyl groups excluding tert-OH is 1. The molecular weight excluding hydrogens is 486 g/mol. The summed E-state index contributed by atoms with van der Waals surface area (Å²) in [4.78, 5) is 27.7. The standard InChI is InChI=1S/C30H31NO7/c1-4-37-23-12-8-11-22(17-23)28(32)26-27(31(15-16-35-2)30(34)29(26)33)21-13-14-24(25(18-21)36-3)38-19-20-9-6-5-7-10-20/h5-14,17-18,27,32H,4,15-16,19H2,1-3H3/b28-26+. The van der Waals surface area contributed by atoms with Crippen LogP contribution in [0, 0.1) is 0 Å². The van der Waals surface area contributed by atoms with Crippen molar-refractivity contribution in [2.45, 2.75) is 19.6 Å². The Morgan fingerprint density at radius 3 is 2.42 bits per heavy atom. The fourth-order valence-corrected chi connectivity index (χ4v) is 4.41. The summed E-state index contributed by atoms with van der Waals surface area (Å²) in [5.41, 5.74) is 1.95. The van der Waals surface area contributed by atoms with Crippen LogP contribution in [0.4, 0.5) is 0 Å². The molecule has 8 nitrogen and oxygen atoms in total. The maximum Gasteiger partial charge on any atom is 0.295 e.